The first kappa shape index (κ1) is 22.6. The zero-order chi connectivity index (χ0) is 19.6. The SMILES string of the molecule is CCn1cc[n+](C)c1C.O=S(=O)([N-]S(=O)(=O)C(F)(F)F)C(F)(F)F. The summed E-state index contributed by atoms with van der Waals surface area (Å²) < 4.78 is 114. The van der Waals surface area contributed by atoms with E-state index in [0.29, 0.717) is 0 Å². The maximum Gasteiger partial charge on any atom is 0.480 e. The van der Waals surface area contributed by atoms with E-state index in [9.17, 15) is 43.2 Å². The number of aromatic nitrogens is 2. The average molecular weight is 405 g/mol. The Kier molecular flexibility index (Phi) is 6.86. The van der Waals surface area contributed by atoms with E-state index in [2.05, 4.69) is 42.4 Å². The fourth-order valence-corrected chi connectivity index (χ4v) is 2.86. The molecule has 1 heterocycles. The zero-order valence-corrected chi connectivity index (χ0v) is 14.1. The van der Waals surface area contributed by atoms with Gasteiger partial charge >= 0.3 is 11.0 Å². The van der Waals surface area contributed by atoms with Crippen molar-refractivity contribution in [1.29, 1.82) is 0 Å². The molecule has 0 saturated heterocycles. The van der Waals surface area contributed by atoms with Crippen LogP contribution in [0.1, 0.15) is 12.7 Å². The summed E-state index contributed by atoms with van der Waals surface area (Å²) >= 11 is 0. The van der Waals surface area contributed by atoms with Crippen LogP contribution >= 0.6 is 0 Å². The third-order valence-electron chi connectivity index (χ3n) is 2.52. The second-order valence-electron chi connectivity index (χ2n) is 4.16. The molecule has 0 atom stereocenters. The molecule has 15 heteroatoms. The van der Waals surface area contributed by atoms with Crippen LogP contribution < -0.4 is 4.57 Å². The van der Waals surface area contributed by atoms with Crippen molar-refractivity contribution < 1.29 is 47.7 Å². The van der Waals surface area contributed by atoms with Gasteiger partial charge in [0.05, 0.1) is 13.6 Å². The minimum atomic E-state index is -6.72. The lowest BCUT2D eigenvalue weighted by atomic mass is 10.6. The largest absolute Gasteiger partial charge is 0.480 e. The molecule has 0 radical (unpaired) electrons. The Morgan fingerprint density at radius 3 is 1.58 bits per heavy atom. The smallest absolute Gasteiger partial charge is 0.421 e. The Hall–Kier alpha value is -1.35. The Labute approximate surface area is 134 Å². The minimum absolute atomic E-state index is 0.778. The molecule has 0 aliphatic rings. The zero-order valence-electron chi connectivity index (χ0n) is 12.4. The maximum atomic E-state index is 11.4. The molecule has 0 N–H and O–H groups in total. The first-order valence-electron chi connectivity index (χ1n) is 5.84. The van der Waals surface area contributed by atoms with Gasteiger partial charge in [-0.15, -0.1) is 0 Å². The number of hydrogen-bond acceptors (Lipinski definition) is 4. The van der Waals surface area contributed by atoms with Crippen molar-refractivity contribution in [2.24, 2.45) is 7.05 Å². The number of halogens is 6. The molecule has 0 bridgehead atoms. The van der Waals surface area contributed by atoms with Crippen LogP contribution in [-0.2, 0) is 33.6 Å². The maximum absolute atomic E-state index is 11.4. The average Bonchev–Trinajstić information content (AvgIpc) is 2.66. The van der Waals surface area contributed by atoms with Crippen LogP contribution in [0.5, 0.6) is 0 Å². The Bertz CT molecular complexity index is 722. The van der Waals surface area contributed by atoms with E-state index >= 15 is 0 Å². The highest BCUT2D eigenvalue weighted by atomic mass is 32.3. The van der Waals surface area contributed by atoms with Gasteiger partial charge in [-0.25, -0.2) is 26.0 Å². The fourth-order valence-electron chi connectivity index (χ4n) is 1.15. The number of nitrogens with zero attached hydrogens (tertiary/aromatic N) is 3. The Morgan fingerprint density at radius 1 is 1.04 bits per heavy atom. The molecular formula is C9H13F6N3O4S2. The summed E-state index contributed by atoms with van der Waals surface area (Å²) in [5.41, 5.74) is -12.4. The van der Waals surface area contributed by atoms with Gasteiger partial charge in [-0.1, -0.05) is 0 Å². The van der Waals surface area contributed by atoms with E-state index in [4.69, 9.17) is 0 Å². The van der Waals surface area contributed by atoms with Gasteiger partial charge in [0.2, 0.25) is 0 Å². The van der Waals surface area contributed by atoms with Crippen molar-refractivity contribution in [2.45, 2.75) is 31.4 Å². The van der Waals surface area contributed by atoms with Gasteiger partial charge in [0.15, 0.2) is 20.0 Å². The molecule has 1 aromatic heterocycles. The van der Waals surface area contributed by atoms with Crippen molar-refractivity contribution >= 4 is 20.0 Å². The van der Waals surface area contributed by atoms with Crippen LogP contribution in [0.3, 0.4) is 0 Å². The molecular weight excluding hydrogens is 392 g/mol. The van der Waals surface area contributed by atoms with E-state index < -0.39 is 31.1 Å². The van der Waals surface area contributed by atoms with Gasteiger partial charge in [-0.3, -0.25) is 0 Å². The molecule has 0 aliphatic carbocycles. The van der Waals surface area contributed by atoms with Crippen molar-refractivity contribution in [3.05, 3.63) is 22.3 Å². The number of hydrogen-bond donors (Lipinski definition) is 0. The fraction of sp³-hybridized carbons (Fsp3) is 0.667. The third kappa shape index (κ3) is 5.62. The van der Waals surface area contributed by atoms with Gasteiger partial charge in [-0.05, 0) is 6.92 Å². The van der Waals surface area contributed by atoms with Crippen LogP contribution in [-0.4, -0.2) is 32.4 Å². The van der Waals surface area contributed by atoms with Crippen LogP contribution in [0.15, 0.2) is 12.4 Å². The van der Waals surface area contributed by atoms with Crippen LogP contribution in [0.2, 0.25) is 0 Å². The summed E-state index contributed by atoms with van der Waals surface area (Å²) in [6, 6.07) is 0. The molecule has 0 fully saturated rings. The van der Waals surface area contributed by atoms with E-state index in [-0.39, 0.29) is 0 Å². The summed E-state index contributed by atoms with van der Waals surface area (Å²) in [5.74, 6) is 1.30. The summed E-state index contributed by atoms with van der Waals surface area (Å²) in [4.78, 5) is 0. The molecule has 0 aromatic carbocycles. The lowest BCUT2D eigenvalue weighted by molar-refractivity contribution is -0.677. The Balaban J connectivity index is 0.000000496. The molecule has 24 heavy (non-hydrogen) atoms. The Morgan fingerprint density at radius 2 is 1.42 bits per heavy atom. The number of alkyl halides is 6. The highest BCUT2D eigenvalue weighted by molar-refractivity contribution is 8.13. The molecule has 0 unspecified atom stereocenters. The van der Waals surface area contributed by atoms with E-state index in [0.717, 1.165) is 10.7 Å². The van der Waals surface area contributed by atoms with E-state index in [1.54, 1.807) is 0 Å². The number of aryl methyl sites for hydroxylation is 2. The first-order valence-corrected chi connectivity index (χ1v) is 8.72. The summed E-state index contributed by atoms with van der Waals surface area (Å²) in [5, 5.41) is 0. The summed E-state index contributed by atoms with van der Waals surface area (Å²) in [6.07, 6.45) is 4.16. The number of rotatable bonds is 3. The molecule has 142 valence electrons. The predicted octanol–water partition coefficient (Wildman–Crippen LogP) is 1.70. The summed E-state index contributed by atoms with van der Waals surface area (Å²) in [7, 11) is -11.4. The summed E-state index contributed by atoms with van der Waals surface area (Å²) in [6.45, 7) is 5.32. The normalized spacial score (nSPS) is 13.4. The second-order valence-corrected chi connectivity index (χ2v) is 7.58. The van der Waals surface area contributed by atoms with Gasteiger partial charge < -0.3 is 4.13 Å². The molecule has 7 nitrogen and oxygen atoms in total. The molecule has 1 aromatic rings. The molecule has 0 amide bonds. The molecule has 0 aliphatic heterocycles. The van der Waals surface area contributed by atoms with Gasteiger partial charge in [0, 0.05) is 6.92 Å². The van der Waals surface area contributed by atoms with Crippen LogP contribution in [0, 0.1) is 6.92 Å². The van der Waals surface area contributed by atoms with Crippen LogP contribution in [0.25, 0.3) is 4.13 Å². The minimum Gasteiger partial charge on any atom is -0.421 e. The quantitative estimate of drug-likeness (QED) is 0.565. The lowest BCUT2D eigenvalue weighted by Gasteiger charge is -2.22. The highest BCUT2D eigenvalue weighted by Gasteiger charge is 2.46. The molecule has 1 rings (SSSR count). The standard InChI is InChI=1S/C7H13N2.C2F6NO4S2/c1-4-9-6-5-8(3)7(9)2;3-1(4,5)14(10,11)9-15(12,13)2(6,7)8/h5-6H,4H2,1-3H3;/q+1;-1. The van der Waals surface area contributed by atoms with Gasteiger partial charge in [0.1, 0.15) is 12.4 Å². The third-order valence-corrected chi connectivity index (χ3v) is 5.26. The van der Waals surface area contributed by atoms with Crippen molar-refractivity contribution in [2.75, 3.05) is 0 Å². The number of imidazole rings is 1. The highest BCUT2D eigenvalue weighted by Crippen LogP contribution is 2.36. The van der Waals surface area contributed by atoms with Gasteiger partial charge in [-0.2, -0.15) is 26.3 Å². The monoisotopic (exact) mass is 405 g/mol. The van der Waals surface area contributed by atoms with Crippen molar-refractivity contribution in [3.63, 3.8) is 0 Å². The van der Waals surface area contributed by atoms with Gasteiger partial charge in [0.25, 0.3) is 5.82 Å². The number of sulfonamides is 2. The van der Waals surface area contributed by atoms with Crippen LogP contribution in [0.4, 0.5) is 26.3 Å². The second kappa shape index (κ2) is 7.26. The predicted molar refractivity (Wildman–Crippen MR) is 69.3 cm³/mol. The van der Waals surface area contributed by atoms with E-state index in [1.165, 1.54) is 5.82 Å². The van der Waals surface area contributed by atoms with Crippen molar-refractivity contribution in [3.8, 4) is 0 Å². The molecule has 0 saturated carbocycles. The van der Waals surface area contributed by atoms with Crippen molar-refractivity contribution in [1.82, 2.24) is 4.57 Å². The van der Waals surface area contributed by atoms with E-state index in [1.807, 2.05) is 0 Å². The lowest BCUT2D eigenvalue weighted by Crippen LogP contribution is -2.30. The molecule has 0 spiro atoms. The first-order chi connectivity index (χ1) is 10.5. The topological polar surface area (TPSA) is 91.2 Å².